The first-order chi connectivity index (χ1) is 7.25. The Balaban J connectivity index is 1.87. The Bertz CT molecular complexity index is 350. The van der Waals surface area contributed by atoms with Crippen LogP contribution in [0.1, 0.15) is 5.56 Å². The third-order valence-corrected chi connectivity index (χ3v) is 2.78. The van der Waals surface area contributed by atoms with Gasteiger partial charge >= 0.3 is 6.03 Å². The summed E-state index contributed by atoms with van der Waals surface area (Å²) >= 11 is 5.79. The molecule has 0 spiro atoms. The van der Waals surface area contributed by atoms with E-state index in [4.69, 9.17) is 11.6 Å². The molecule has 1 aliphatic rings. The van der Waals surface area contributed by atoms with Crippen molar-refractivity contribution in [3.05, 3.63) is 34.9 Å². The van der Waals surface area contributed by atoms with Crippen molar-refractivity contribution in [1.29, 1.82) is 0 Å². The van der Waals surface area contributed by atoms with Crippen LogP contribution >= 0.6 is 11.6 Å². The minimum absolute atomic E-state index is 0.0453. The molecule has 80 valence electrons. The SMILES string of the molecule is O=C1NCCN1CCc1ccc(Cl)cc1. The topological polar surface area (TPSA) is 32.3 Å². The molecule has 0 atom stereocenters. The zero-order valence-corrected chi connectivity index (χ0v) is 9.13. The molecule has 1 N–H and O–H groups in total. The van der Waals surface area contributed by atoms with Gasteiger partial charge in [0.1, 0.15) is 0 Å². The molecule has 0 aromatic heterocycles. The zero-order chi connectivity index (χ0) is 10.7. The number of rotatable bonds is 3. The minimum Gasteiger partial charge on any atom is -0.336 e. The van der Waals surface area contributed by atoms with Gasteiger partial charge in [0, 0.05) is 24.7 Å². The molecule has 1 heterocycles. The molecule has 4 heteroatoms. The first-order valence-corrected chi connectivity index (χ1v) is 5.41. The maximum absolute atomic E-state index is 11.2. The Morgan fingerprint density at radius 2 is 2.07 bits per heavy atom. The predicted molar refractivity (Wildman–Crippen MR) is 60.1 cm³/mol. The zero-order valence-electron chi connectivity index (χ0n) is 8.37. The summed E-state index contributed by atoms with van der Waals surface area (Å²) in [5.74, 6) is 0. The van der Waals surface area contributed by atoms with Crippen molar-refractivity contribution in [2.45, 2.75) is 6.42 Å². The number of nitrogens with zero attached hydrogens (tertiary/aromatic N) is 1. The lowest BCUT2D eigenvalue weighted by Gasteiger charge is -2.13. The molecular formula is C11H13ClN2O. The van der Waals surface area contributed by atoms with Gasteiger partial charge in [0.25, 0.3) is 0 Å². The highest BCUT2D eigenvalue weighted by Gasteiger charge is 2.18. The molecule has 1 aromatic rings. The van der Waals surface area contributed by atoms with E-state index in [1.54, 1.807) is 0 Å². The number of nitrogens with one attached hydrogen (secondary N) is 1. The van der Waals surface area contributed by atoms with E-state index in [2.05, 4.69) is 5.32 Å². The summed E-state index contributed by atoms with van der Waals surface area (Å²) in [5.41, 5.74) is 1.21. The molecule has 0 aliphatic carbocycles. The molecule has 0 bridgehead atoms. The first-order valence-electron chi connectivity index (χ1n) is 5.03. The predicted octanol–water partition coefficient (Wildman–Crippen LogP) is 1.91. The Kier molecular flexibility index (Phi) is 3.11. The second-order valence-electron chi connectivity index (χ2n) is 3.60. The lowest BCUT2D eigenvalue weighted by Crippen LogP contribution is -2.29. The summed E-state index contributed by atoms with van der Waals surface area (Å²) < 4.78 is 0. The van der Waals surface area contributed by atoms with E-state index in [1.807, 2.05) is 29.2 Å². The van der Waals surface area contributed by atoms with Gasteiger partial charge in [0.05, 0.1) is 0 Å². The van der Waals surface area contributed by atoms with E-state index in [-0.39, 0.29) is 6.03 Å². The van der Waals surface area contributed by atoms with Crippen molar-refractivity contribution >= 4 is 17.6 Å². The molecule has 2 amide bonds. The van der Waals surface area contributed by atoms with Crippen molar-refractivity contribution in [3.8, 4) is 0 Å². The van der Waals surface area contributed by atoms with Crippen molar-refractivity contribution in [2.75, 3.05) is 19.6 Å². The highest BCUT2D eigenvalue weighted by Crippen LogP contribution is 2.10. The van der Waals surface area contributed by atoms with Crippen LogP contribution in [0, 0.1) is 0 Å². The van der Waals surface area contributed by atoms with Crippen LogP contribution in [0.4, 0.5) is 4.79 Å². The van der Waals surface area contributed by atoms with Crippen molar-refractivity contribution < 1.29 is 4.79 Å². The fourth-order valence-electron chi connectivity index (χ4n) is 1.64. The number of amides is 2. The number of urea groups is 1. The smallest absolute Gasteiger partial charge is 0.317 e. The van der Waals surface area contributed by atoms with Crippen LogP contribution in [0.3, 0.4) is 0 Å². The Morgan fingerprint density at radius 3 is 2.67 bits per heavy atom. The van der Waals surface area contributed by atoms with Crippen LogP contribution in [0.2, 0.25) is 5.02 Å². The van der Waals surface area contributed by atoms with Gasteiger partial charge in [-0.1, -0.05) is 23.7 Å². The second-order valence-corrected chi connectivity index (χ2v) is 4.03. The maximum atomic E-state index is 11.2. The minimum atomic E-state index is 0.0453. The number of benzene rings is 1. The third kappa shape index (κ3) is 2.63. The van der Waals surface area contributed by atoms with E-state index < -0.39 is 0 Å². The van der Waals surface area contributed by atoms with E-state index >= 15 is 0 Å². The number of hydrogen-bond donors (Lipinski definition) is 1. The van der Waals surface area contributed by atoms with Crippen LogP contribution < -0.4 is 5.32 Å². The lowest BCUT2D eigenvalue weighted by atomic mass is 10.1. The largest absolute Gasteiger partial charge is 0.336 e. The van der Waals surface area contributed by atoms with Crippen LogP contribution in [0.15, 0.2) is 24.3 Å². The van der Waals surface area contributed by atoms with Crippen LogP contribution in [0.5, 0.6) is 0 Å². The number of halogens is 1. The summed E-state index contributed by atoms with van der Waals surface area (Å²) in [6, 6.07) is 7.79. The van der Waals surface area contributed by atoms with E-state index in [1.165, 1.54) is 5.56 Å². The molecular weight excluding hydrogens is 212 g/mol. The number of carbonyl (C=O) groups excluding carboxylic acids is 1. The summed E-state index contributed by atoms with van der Waals surface area (Å²) in [4.78, 5) is 13.1. The maximum Gasteiger partial charge on any atom is 0.317 e. The fraction of sp³-hybridized carbons (Fsp3) is 0.364. The van der Waals surface area contributed by atoms with E-state index in [9.17, 15) is 4.79 Å². The summed E-state index contributed by atoms with van der Waals surface area (Å²) in [6.07, 6.45) is 0.880. The molecule has 0 radical (unpaired) electrons. The van der Waals surface area contributed by atoms with Gasteiger partial charge in [-0.05, 0) is 24.1 Å². The van der Waals surface area contributed by atoms with Crippen molar-refractivity contribution in [1.82, 2.24) is 10.2 Å². The third-order valence-electron chi connectivity index (χ3n) is 2.53. The van der Waals surface area contributed by atoms with E-state index in [0.29, 0.717) is 0 Å². The van der Waals surface area contributed by atoms with Crippen LogP contribution in [-0.4, -0.2) is 30.6 Å². The molecule has 3 nitrogen and oxygen atoms in total. The summed E-state index contributed by atoms with van der Waals surface area (Å²) in [6.45, 7) is 2.35. The summed E-state index contributed by atoms with van der Waals surface area (Å²) in [7, 11) is 0. The van der Waals surface area contributed by atoms with Crippen molar-refractivity contribution in [3.63, 3.8) is 0 Å². The van der Waals surface area contributed by atoms with Crippen LogP contribution in [0.25, 0.3) is 0 Å². The van der Waals surface area contributed by atoms with Gasteiger partial charge in [-0.15, -0.1) is 0 Å². The average molecular weight is 225 g/mol. The molecule has 1 aliphatic heterocycles. The monoisotopic (exact) mass is 224 g/mol. The van der Waals surface area contributed by atoms with Gasteiger partial charge in [-0.3, -0.25) is 0 Å². The van der Waals surface area contributed by atoms with E-state index in [0.717, 1.165) is 31.1 Å². The quantitative estimate of drug-likeness (QED) is 0.836. The summed E-state index contributed by atoms with van der Waals surface area (Å²) in [5, 5.41) is 3.53. The number of hydrogen-bond acceptors (Lipinski definition) is 1. The van der Waals surface area contributed by atoms with Crippen LogP contribution in [-0.2, 0) is 6.42 Å². The number of carbonyl (C=O) groups is 1. The second kappa shape index (κ2) is 4.53. The standard InChI is InChI=1S/C11H13ClN2O/c12-10-3-1-9(2-4-10)5-7-14-8-6-13-11(14)15/h1-4H,5-8H2,(H,13,15). The Hall–Kier alpha value is -1.22. The van der Waals surface area contributed by atoms with Gasteiger partial charge < -0.3 is 10.2 Å². The highest BCUT2D eigenvalue weighted by atomic mass is 35.5. The Morgan fingerprint density at radius 1 is 1.33 bits per heavy atom. The molecule has 1 saturated heterocycles. The van der Waals surface area contributed by atoms with Crippen molar-refractivity contribution in [2.24, 2.45) is 0 Å². The molecule has 2 rings (SSSR count). The fourth-order valence-corrected chi connectivity index (χ4v) is 1.77. The van der Waals surface area contributed by atoms with Gasteiger partial charge in [0.15, 0.2) is 0 Å². The van der Waals surface area contributed by atoms with Gasteiger partial charge in [-0.25, -0.2) is 4.79 Å². The molecule has 15 heavy (non-hydrogen) atoms. The Labute approximate surface area is 94.0 Å². The molecule has 1 fully saturated rings. The lowest BCUT2D eigenvalue weighted by molar-refractivity contribution is 0.218. The normalized spacial score (nSPS) is 15.5. The molecule has 0 saturated carbocycles. The molecule has 0 unspecified atom stereocenters. The first kappa shape index (κ1) is 10.3. The molecule has 1 aromatic carbocycles. The highest BCUT2D eigenvalue weighted by molar-refractivity contribution is 6.30. The van der Waals surface area contributed by atoms with Gasteiger partial charge in [-0.2, -0.15) is 0 Å². The average Bonchev–Trinajstić information content (AvgIpc) is 2.63. The van der Waals surface area contributed by atoms with Gasteiger partial charge in [0.2, 0.25) is 0 Å².